The lowest BCUT2D eigenvalue weighted by atomic mass is 10.0. The predicted molar refractivity (Wildman–Crippen MR) is 130 cm³/mol. The van der Waals surface area contributed by atoms with Crippen molar-refractivity contribution in [1.29, 1.82) is 0 Å². The molecule has 1 aliphatic heterocycles. The van der Waals surface area contributed by atoms with Crippen molar-refractivity contribution in [3.63, 3.8) is 0 Å². The van der Waals surface area contributed by atoms with E-state index >= 15 is 0 Å². The highest BCUT2D eigenvalue weighted by Gasteiger charge is 2.28. The number of hydrogen-bond acceptors (Lipinski definition) is 4. The van der Waals surface area contributed by atoms with Gasteiger partial charge in [0.05, 0.1) is 17.6 Å². The number of carbonyl (C=O) groups is 1. The van der Waals surface area contributed by atoms with E-state index < -0.39 is 15.9 Å². The van der Waals surface area contributed by atoms with Gasteiger partial charge in [-0.15, -0.1) is 0 Å². The number of amides is 1. The topological polar surface area (TPSA) is 84.3 Å². The van der Waals surface area contributed by atoms with Crippen molar-refractivity contribution in [2.45, 2.75) is 24.4 Å². The molecule has 1 amide bonds. The zero-order chi connectivity index (χ0) is 23.5. The molecular formula is C26H24N4O3S. The molecule has 0 fully saturated rings. The van der Waals surface area contributed by atoms with Gasteiger partial charge >= 0.3 is 0 Å². The van der Waals surface area contributed by atoms with E-state index in [0.717, 1.165) is 11.1 Å². The third kappa shape index (κ3) is 4.50. The Morgan fingerprint density at radius 3 is 2.50 bits per heavy atom. The molecule has 0 spiro atoms. The standard InChI is InChI=1S/C26H24N4O3S/c31-26(28-25-13-15-27-30(25)18-20-7-2-1-3-8-20)22-11-6-12-24(17-22)34(32,33)29-16-14-21-9-4-5-10-23(21)19-29/h1-13,15,17H,14,16,18-19H2,(H,28,31). The molecule has 7 nitrogen and oxygen atoms in total. The Labute approximate surface area is 198 Å². The smallest absolute Gasteiger partial charge is 0.256 e. The molecule has 4 aromatic rings. The fourth-order valence-corrected chi connectivity index (χ4v) is 5.60. The summed E-state index contributed by atoms with van der Waals surface area (Å²) in [4.78, 5) is 13.1. The molecule has 1 N–H and O–H groups in total. The minimum absolute atomic E-state index is 0.109. The van der Waals surface area contributed by atoms with Crippen molar-refractivity contribution in [2.75, 3.05) is 11.9 Å². The maximum Gasteiger partial charge on any atom is 0.256 e. The summed E-state index contributed by atoms with van der Waals surface area (Å²) in [6.45, 7) is 1.25. The van der Waals surface area contributed by atoms with E-state index in [9.17, 15) is 13.2 Å². The summed E-state index contributed by atoms with van der Waals surface area (Å²) in [5.74, 6) is 0.144. The normalized spacial score (nSPS) is 13.9. The lowest BCUT2D eigenvalue weighted by Crippen LogP contribution is -2.36. The number of fused-ring (bicyclic) bond motifs is 1. The second-order valence-corrected chi connectivity index (χ2v) is 10.1. The third-order valence-electron chi connectivity index (χ3n) is 5.96. The summed E-state index contributed by atoms with van der Waals surface area (Å²) in [5, 5.41) is 7.15. The van der Waals surface area contributed by atoms with Crippen molar-refractivity contribution in [3.05, 3.63) is 113 Å². The van der Waals surface area contributed by atoms with Gasteiger partial charge in [0.1, 0.15) is 5.82 Å². The molecule has 0 unspecified atom stereocenters. The van der Waals surface area contributed by atoms with Crippen LogP contribution in [0.5, 0.6) is 0 Å². The number of carbonyl (C=O) groups excluding carboxylic acids is 1. The zero-order valence-electron chi connectivity index (χ0n) is 18.5. The van der Waals surface area contributed by atoms with Crippen LogP contribution < -0.4 is 5.32 Å². The number of rotatable bonds is 6. The highest BCUT2D eigenvalue weighted by atomic mass is 32.2. The van der Waals surface area contributed by atoms with E-state index in [0.29, 0.717) is 31.9 Å². The summed E-state index contributed by atoms with van der Waals surface area (Å²) in [7, 11) is -3.74. The Bertz CT molecular complexity index is 1430. The minimum atomic E-state index is -3.74. The Kier molecular flexibility index (Phi) is 6.00. The zero-order valence-corrected chi connectivity index (χ0v) is 19.3. The number of sulfonamides is 1. The van der Waals surface area contributed by atoms with Gasteiger partial charge in [-0.2, -0.15) is 9.40 Å². The molecule has 8 heteroatoms. The van der Waals surface area contributed by atoms with Crippen LogP contribution in [0.3, 0.4) is 0 Å². The van der Waals surface area contributed by atoms with Gasteiger partial charge < -0.3 is 5.32 Å². The average Bonchev–Trinajstić information content (AvgIpc) is 3.30. The second kappa shape index (κ2) is 9.24. The fraction of sp³-hybridized carbons (Fsp3) is 0.154. The summed E-state index contributed by atoms with van der Waals surface area (Å²) in [6.07, 6.45) is 2.29. The number of aromatic nitrogens is 2. The second-order valence-electron chi connectivity index (χ2n) is 8.20. The lowest BCUT2D eigenvalue weighted by molar-refractivity contribution is 0.102. The third-order valence-corrected chi connectivity index (χ3v) is 7.80. The molecule has 0 radical (unpaired) electrons. The van der Waals surface area contributed by atoms with Crippen molar-refractivity contribution in [3.8, 4) is 0 Å². The number of nitrogens with one attached hydrogen (secondary N) is 1. The van der Waals surface area contributed by atoms with E-state index in [1.807, 2.05) is 54.6 Å². The van der Waals surface area contributed by atoms with Crippen LogP contribution >= 0.6 is 0 Å². The van der Waals surface area contributed by atoms with Crippen LogP contribution in [-0.4, -0.2) is 35.0 Å². The maximum atomic E-state index is 13.3. The molecule has 0 saturated carbocycles. The highest BCUT2D eigenvalue weighted by Crippen LogP contribution is 2.25. The Morgan fingerprint density at radius 2 is 1.68 bits per heavy atom. The molecule has 172 valence electrons. The highest BCUT2D eigenvalue weighted by molar-refractivity contribution is 7.89. The van der Waals surface area contributed by atoms with E-state index in [1.54, 1.807) is 29.1 Å². The van der Waals surface area contributed by atoms with E-state index in [-0.39, 0.29) is 10.5 Å². The molecule has 0 bridgehead atoms. The monoisotopic (exact) mass is 472 g/mol. The van der Waals surface area contributed by atoms with Crippen molar-refractivity contribution in [1.82, 2.24) is 14.1 Å². The van der Waals surface area contributed by atoms with Gasteiger partial charge in [0.15, 0.2) is 0 Å². The molecule has 34 heavy (non-hydrogen) atoms. The van der Waals surface area contributed by atoms with Crippen molar-refractivity contribution in [2.24, 2.45) is 0 Å². The Hall–Kier alpha value is -3.75. The van der Waals surface area contributed by atoms with Crippen LogP contribution in [0.25, 0.3) is 0 Å². The first-order valence-corrected chi connectivity index (χ1v) is 12.5. The molecule has 3 aromatic carbocycles. The number of anilines is 1. The van der Waals surface area contributed by atoms with Crippen LogP contribution in [0.4, 0.5) is 5.82 Å². The quantitative estimate of drug-likeness (QED) is 0.461. The summed E-state index contributed by atoms with van der Waals surface area (Å²) in [6, 6.07) is 25.6. The van der Waals surface area contributed by atoms with Gasteiger partial charge in [-0.05, 0) is 41.3 Å². The number of nitrogens with zero attached hydrogens (tertiary/aromatic N) is 3. The van der Waals surface area contributed by atoms with Crippen LogP contribution in [0.2, 0.25) is 0 Å². The first-order valence-electron chi connectivity index (χ1n) is 11.0. The number of hydrogen-bond donors (Lipinski definition) is 1. The van der Waals surface area contributed by atoms with Gasteiger partial charge in [-0.25, -0.2) is 13.1 Å². The van der Waals surface area contributed by atoms with E-state index in [1.165, 1.54) is 22.0 Å². The first kappa shape index (κ1) is 22.1. The summed E-state index contributed by atoms with van der Waals surface area (Å²) < 4.78 is 29.8. The lowest BCUT2D eigenvalue weighted by Gasteiger charge is -2.28. The molecule has 5 rings (SSSR count). The van der Waals surface area contributed by atoms with Gasteiger partial charge in [0.2, 0.25) is 10.0 Å². The van der Waals surface area contributed by atoms with Gasteiger partial charge in [0, 0.05) is 24.7 Å². The van der Waals surface area contributed by atoms with Crippen molar-refractivity contribution < 1.29 is 13.2 Å². The molecular weight excluding hydrogens is 448 g/mol. The average molecular weight is 473 g/mol. The fourth-order valence-electron chi connectivity index (χ4n) is 4.13. The maximum absolute atomic E-state index is 13.3. The molecule has 0 saturated heterocycles. The molecule has 0 aliphatic carbocycles. The molecule has 1 aliphatic rings. The Balaban J connectivity index is 1.34. The Morgan fingerprint density at radius 1 is 0.912 bits per heavy atom. The number of benzene rings is 3. The molecule has 0 atom stereocenters. The van der Waals surface area contributed by atoms with Crippen LogP contribution in [0, 0.1) is 0 Å². The minimum Gasteiger partial charge on any atom is -0.307 e. The summed E-state index contributed by atoms with van der Waals surface area (Å²) >= 11 is 0. The summed E-state index contributed by atoms with van der Waals surface area (Å²) in [5.41, 5.74) is 3.51. The SMILES string of the molecule is O=C(Nc1ccnn1Cc1ccccc1)c1cccc(S(=O)(=O)N2CCc3ccccc3C2)c1. The van der Waals surface area contributed by atoms with E-state index in [2.05, 4.69) is 10.4 Å². The van der Waals surface area contributed by atoms with Gasteiger partial charge in [-0.3, -0.25) is 4.79 Å². The van der Waals surface area contributed by atoms with E-state index in [4.69, 9.17) is 0 Å². The molecule has 1 aromatic heterocycles. The molecule has 2 heterocycles. The van der Waals surface area contributed by atoms with Crippen LogP contribution in [0.15, 0.2) is 96.0 Å². The first-order chi connectivity index (χ1) is 16.5. The van der Waals surface area contributed by atoms with Crippen LogP contribution in [0.1, 0.15) is 27.0 Å². The predicted octanol–water partition coefficient (Wildman–Crippen LogP) is 3.93. The van der Waals surface area contributed by atoms with Crippen LogP contribution in [-0.2, 0) is 29.5 Å². The van der Waals surface area contributed by atoms with Gasteiger partial charge in [0.25, 0.3) is 5.91 Å². The van der Waals surface area contributed by atoms with Gasteiger partial charge in [-0.1, -0.05) is 60.7 Å². The van der Waals surface area contributed by atoms with Crippen molar-refractivity contribution >= 4 is 21.7 Å². The largest absolute Gasteiger partial charge is 0.307 e.